The van der Waals surface area contributed by atoms with Crippen LogP contribution in [0.5, 0.6) is 0 Å². The molecule has 2 bridgehead atoms. The molecule has 34 heavy (non-hydrogen) atoms. The SMILES string of the molecule is O=C(OC1C2CC3C1OC(=O)C3C2C(=O)OCCC(F)(F)C(F)(F)S(=O)(=O)[O-])C1CCCCC1. The Balaban J connectivity index is 1.41. The van der Waals surface area contributed by atoms with Crippen molar-refractivity contribution in [2.24, 2.45) is 29.6 Å². The lowest BCUT2D eigenvalue weighted by Gasteiger charge is -2.32. The van der Waals surface area contributed by atoms with Crippen LogP contribution in [0.1, 0.15) is 44.9 Å². The summed E-state index contributed by atoms with van der Waals surface area (Å²) < 4.78 is 101. The van der Waals surface area contributed by atoms with Crippen molar-refractivity contribution in [2.75, 3.05) is 6.61 Å². The minimum atomic E-state index is -6.66. The summed E-state index contributed by atoms with van der Waals surface area (Å²) in [7, 11) is -6.66. The predicted octanol–water partition coefficient (Wildman–Crippen LogP) is 1.99. The van der Waals surface area contributed by atoms with Crippen LogP contribution in [-0.4, -0.2) is 60.9 Å². The first-order valence-corrected chi connectivity index (χ1v) is 12.5. The van der Waals surface area contributed by atoms with Gasteiger partial charge in [0.2, 0.25) is 0 Å². The fraction of sp³-hybridized carbons (Fsp3) is 0.850. The number of carbonyl (C=O) groups is 3. The van der Waals surface area contributed by atoms with Gasteiger partial charge in [0.05, 0.1) is 30.8 Å². The van der Waals surface area contributed by atoms with E-state index in [1.54, 1.807) is 0 Å². The second kappa shape index (κ2) is 8.61. The van der Waals surface area contributed by atoms with E-state index in [0.29, 0.717) is 19.3 Å². The van der Waals surface area contributed by atoms with E-state index in [0.717, 1.165) is 19.3 Å². The monoisotopic (exact) mass is 515 g/mol. The molecule has 3 aliphatic carbocycles. The Bertz CT molecular complexity index is 963. The molecule has 0 N–H and O–H groups in total. The van der Waals surface area contributed by atoms with Crippen molar-refractivity contribution in [1.82, 2.24) is 0 Å². The number of carbonyl (C=O) groups excluding carboxylic acids is 3. The summed E-state index contributed by atoms with van der Waals surface area (Å²) in [5, 5.41) is -5.89. The van der Waals surface area contributed by atoms with Gasteiger partial charge in [0.1, 0.15) is 12.2 Å². The summed E-state index contributed by atoms with van der Waals surface area (Å²) in [4.78, 5) is 37.6. The van der Waals surface area contributed by atoms with E-state index >= 15 is 0 Å². The Labute approximate surface area is 192 Å². The highest BCUT2D eigenvalue weighted by Gasteiger charge is 2.70. The molecular formula is C20H23F4O9S-. The molecule has 0 radical (unpaired) electrons. The van der Waals surface area contributed by atoms with Gasteiger partial charge in [-0.2, -0.15) is 17.6 Å². The van der Waals surface area contributed by atoms with Crippen LogP contribution in [-0.2, 0) is 38.7 Å². The van der Waals surface area contributed by atoms with Crippen LogP contribution in [0.4, 0.5) is 17.6 Å². The molecule has 9 nitrogen and oxygen atoms in total. The van der Waals surface area contributed by atoms with Gasteiger partial charge in [-0.3, -0.25) is 14.4 Å². The molecular weight excluding hydrogens is 492 g/mol. The largest absolute Gasteiger partial charge is 0.743 e. The summed E-state index contributed by atoms with van der Waals surface area (Å²) in [5.74, 6) is -11.1. The summed E-state index contributed by atoms with van der Waals surface area (Å²) in [6.07, 6.45) is 0.844. The summed E-state index contributed by atoms with van der Waals surface area (Å²) >= 11 is 0. The minimum absolute atomic E-state index is 0.298. The smallest absolute Gasteiger partial charge is 0.396 e. The van der Waals surface area contributed by atoms with Gasteiger partial charge in [0, 0.05) is 11.8 Å². The lowest BCUT2D eigenvalue weighted by atomic mass is 9.78. The summed E-state index contributed by atoms with van der Waals surface area (Å²) in [6, 6.07) is 0. The second-order valence-corrected chi connectivity index (χ2v) is 10.8. The topological polar surface area (TPSA) is 136 Å². The number of rotatable bonds is 8. The number of alkyl halides is 4. The highest BCUT2D eigenvalue weighted by atomic mass is 32.2. The number of esters is 3. The van der Waals surface area contributed by atoms with Crippen LogP contribution in [0.3, 0.4) is 0 Å². The van der Waals surface area contributed by atoms with Crippen LogP contribution >= 0.6 is 0 Å². The second-order valence-electron chi connectivity index (χ2n) is 9.35. The Hall–Kier alpha value is -1.96. The van der Waals surface area contributed by atoms with Gasteiger partial charge >= 0.3 is 29.1 Å². The van der Waals surface area contributed by atoms with E-state index in [1.165, 1.54) is 0 Å². The average molecular weight is 515 g/mol. The quantitative estimate of drug-likeness (QED) is 0.206. The van der Waals surface area contributed by atoms with E-state index in [4.69, 9.17) is 14.2 Å². The first kappa shape index (κ1) is 25.1. The van der Waals surface area contributed by atoms with Gasteiger partial charge in [0.15, 0.2) is 10.1 Å². The van der Waals surface area contributed by atoms with Crippen LogP contribution in [0.15, 0.2) is 0 Å². The Morgan fingerprint density at radius 3 is 2.32 bits per heavy atom. The number of hydrogen-bond acceptors (Lipinski definition) is 9. The molecule has 3 saturated carbocycles. The minimum Gasteiger partial charge on any atom is -0.743 e. The van der Waals surface area contributed by atoms with E-state index in [1.807, 2.05) is 0 Å². The number of ether oxygens (including phenoxy) is 3. The zero-order valence-electron chi connectivity index (χ0n) is 17.8. The van der Waals surface area contributed by atoms with Crippen molar-refractivity contribution in [1.29, 1.82) is 0 Å². The van der Waals surface area contributed by atoms with Crippen LogP contribution in [0.25, 0.3) is 0 Å². The average Bonchev–Trinajstić information content (AvgIpc) is 3.37. The maximum absolute atomic E-state index is 13.6. The van der Waals surface area contributed by atoms with Gasteiger partial charge in [-0.25, -0.2) is 8.42 Å². The van der Waals surface area contributed by atoms with Crippen molar-refractivity contribution < 1.29 is 59.1 Å². The molecule has 192 valence electrons. The van der Waals surface area contributed by atoms with Crippen LogP contribution < -0.4 is 0 Å². The standard InChI is InChI=1S/C20H24F4O9S/c21-19(22,20(23,24)34(28,29)30)6-7-31-17(26)12-10-8-11-13(12)18(27)33-15(11)14(10)32-16(25)9-4-2-1-3-5-9/h9-15H,1-8H2,(H,28,29,30)/p-1. The normalized spacial score (nSPS) is 33.6. The molecule has 6 unspecified atom stereocenters. The highest BCUT2D eigenvalue weighted by Crippen LogP contribution is 2.59. The molecule has 14 heteroatoms. The Morgan fingerprint density at radius 1 is 1.06 bits per heavy atom. The van der Waals surface area contributed by atoms with E-state index < -0.39 is 88.1 Å². The fourth-order valence-corrected chi connectivity index (χ4v) is 6.21. The maximum Gasteiger partial charge on any atom is 0.396 e. The number of halogens is 4. The van der Waals surface area contributed by atoms with E-state index in [-0.39, 0.29) is 5.92 Å². The van der Waals surface area contributed by atoms with Crippen molar-refractivity contribution in [3.63, 3.8) is 0 Å². The molecule has 1 heterocycles. The van der Waals surface area contributed by atoms with Crippen molar-refractivity contribution >= 4 is 28.0 Å². The zero-order chi connectivity index (χ0) is 25.1. The Morgan fingerprint density at radius 2 is 1.71 bits per heavy atom. The van der Waals surface area contributed by atoms with Gasteiger partial charge in [0.25, 0.3) is 0 Å². The molecule has 0 aromatic carbocycles. The molecule has 6 atom stereocenters. The van der Waals surface area contributed by atoms with Gasteiger partial charge in [-0.05, 0) is 19.3 Å². The molecule has 4 rings (SSSR count). The zero-order valence-corrected chi connectivity index (χ0v) is 18.6. The lowest BCUT2D eigenvalue weighted by Crippen LogP contribution is -2.48. The fourth-order valence-electron chi connectivity index (χ4n) is 5.74. The van der Waals surface area contributed by atoms with Gasteiger partial charge in [-0.15, -0.1) is 0 Å². The van der Waals surface area contributed by atoms with Crippen molar-refractivity contribution in [3.8, 4) is 0 Å². The van der Waals surface area contributed by atoms with Crippen molar-refractivity contribution in [3.05, 3.63) is 0 Å². The van der Waals surface area contributed by atoms with E-state index in [9.17, 15) is 44.9 Å². The molecule has 0 spiro atoms. The molecule has 0 aromatic heterocycles. The first-order chi connectivity index (χ1) is 15.8. The van der Waals surface area contributed by atoms with Crippen LogP contribution in [0, 0.1) is 29.6 Å². The Kier molecular flexibility index (Phi) is 6.37. The first-order valence-electron chi connectivity index (χ1n) is 11.0. The highest BCUT2D eigenvalue weighted by molar-refractivity contribution is 7.86. The molecule has 1 aliphatic heterocycles. The maximum atomic E-state index is 13.6. The third-order valence-corrected chi connectivity index (χ3v) is 8.34. The third kappa shape index (κ3) is 4.06. The summed E-state index contributed by atoms with van der Waals surface area (Å²) in [5.41, 5.74) is 0. The predicted molar refractivity (Wildman–Crippen MR) is 100 cm³/mol. The van der Waals surface area contributed by atoms with Crippen LogP contribution in [0.2, 0.25) is 0 Å². The van der Waals surface area contributed by atoms with Crippen molar-refractivity contribution in [2.45, 2.75) is 68.3 Å². The summed E-state index contributed by atoms with van der Waals surface area (Å²) in [6.45, 7) is -1.32. The lowest BCUT2D eigenvalue weighted by molar-refractivity contribution is -0.179. The molecule has 4 fully saturated rings. The molecule has 4 aliphatic rings. The van der Waals surface area contributed by atoms with Gasteiger partial charge < -0.3 is 18.8 Å². The molecule has 1 saturated heterocycles. The van der Waals surface area contributed by atoms with E-state index in [2.05, 4.69) is 0 Å². The number of hydrogen-bond donors (Lipinski definition) is 0. The molecule has 0 amide bonds. The third-order valence-electron chi connectivity index (χ3n) is 7.41. The van der Waals surface area contributed by atoms with Gasteiger partial charge in [-0.1, -0.05) is 19.3 Å². The molecule has 0 aromatic rings. The number of fused-ring (bicyclic) bond motifs is 1.